The van der Waals surface area contributed by atoms with Crippen molar-refractivity contribution in [3.63, 3.8) is 0 Å². The van der Waals surface area contributed by atoms with Crippen LogP contribution in [0.5, 0.6) is 5.19 Å². The average Bonchev–Trinajstić information content (AvgIpc) is 3.12. The van der Waals surface area contributed by atoms with Crippen LogP contribution in [-0.4, -0.2) is 47.9 Å². The highest BCUT2D eigenvalue weighted by molar-refractivity contribution is 7.13. The minimum atomic E-state index is 0.687. The largest absolute Gasteiger partial charge is 0.468 e. The molecule has 102 valence electrons. The van der Waals surface area contributed by atoms with Crippen molar-refractivity contribution < 1.29 is 4.74 Å². The Bertz CT molecular complexity index is 354. The van der Waals surface area contributed by atoms with Crippen molar-refractivity contribution in [3.8, 4) is 5.19 Å². The molecule has 0 spiro atoms. The highest BCUT2D eigenvalue weighted by Crippen LogP contribution is 2.25. The second kappa shape index (κ2) is 7.01. The summed E-state index contributed by atoms with van der Waals surface area (Å²) < 4.78 is 5.62. The highest BCUT2D eigenvalue weighted by atomic mass is 32.1. The molecule has 0 aromatic carbocycles. The molecule has 0 amide bonds. The number of hydrogen-bond donors (Lipinski definition) is 1. The molecule has 18 heavy (non-hydrogen) atoms. The lowest BCUT2D eigenvalue weighted by Crippen LogP contribution is -2.26. The standard InChI is InChI=1S/C12H22N4OS/c1-3-6-13-9-11-14-15-12(18-11)17-8-7-16(2)10-4-5-10/h10,13H,3-9H2,1-2H3. The number of nitrogens with zero attached hydrogens (tertiary/aromatic N) is 3. The van der Waals surface area contributed by atoms with Gasteiger partial charge in [-0.3, -0.25) is 0 Å². The second-order valence-electron chi connectivity index (χ2n) is 4.70. The van der Waals surface area contributed by atoms with E-state index in [0.717, 1.165) is 37.1 Å². The number of hydrogen-bond acceptors (Lipinski definition) is 6. The number of nitrogens with one attached hydrogen (secondary N) is 1. The molecule has 5 nitrogen and oxygen atoms in total. The van der Waals surface area contributed by atoms with Crippen LogP contribution in [0.1, 0.15) is 31.2 Å². The molecule has 1 aromatic rings. The molecule has 0 unspecified atom stereocenters. The van der Waals surface area contributed by atoms with E-state index >= 15 is 0 Å². The summed E-state index contributed by atoms with van der Waals surface area (Å²) in [5, 5.41) is 13.1. The van der Waals surface area contributed by atoms with Crippen molar-refractivity contribution in [2.24, 2.45) is 0 Å². The van der Waals surface area contributed by atoms with Gasteiger partial charge in [-0.25, -0.2) is 0 Å². The molecule has 1 aliphatic rings. The summed E-state index contributed by atoms with van der Waals surface area (Å²) in [4.78, 5) is 2.35. The minimum absolute atomic E-state index is 0.687. The van der Waals surface area contributed by atoms with Crippen LogP contribution in [0.25, 0.3) is 0 Å². The van der Waals surface area contributed by atoms with Crippen LogP contribution in [0.15, 0.2) is 0 Å². The number of likely N-dealkylation sites (N-methyl/N-ethyl adjacent to an activating group) is 1. The summed E-state index contributed by atoms with van der Waals surface area (Å²) in [6.07, 6.45) is 3.81. The molecular weight excluding hydrogens is 248 g/mol. The molecule has 0 radical (unpaired) electrons. The Morgan fingerprint density at radius 3 is 3.00 bits per heavy atom. The number of rotatable bonds is 9. The van der Waals surface area contributed by atoms with Gasteiger partial charge in [0.05, 0.1) is 0 Å². The molecule has 6 heteroatoms. The Balaban J connectivity index is 1.63. The van der Waals surface area contributed by atoms with Crippen LogP contribution in [0, 0.1) is 0 Å². The number of ether oxygens (including phenoxy) is 1. The maximum Gasteiger partial charge on any atom is 0.294 e. The van der Waals surface area contributed by atoms with Gasteiger partial charge in [0.15, 0.2) is 0 Å². The molecular formula is C12H22N4OS. The van der Waals surface area contributed by atoms with E-state index in [1.165, 1.54) is 24.2 Å². The summed E-state index contributed by atoms with van der Waals surface area (Å²) in [6.45, 7) is 5.62. The summed E-state index contributed by atoms with van der Waals surface area (Å²) in [6, 6.07) is 0.789. The van der Waals surface area contributed by atoms with Gasteiger partial charge in [-0.05, 0) is 32.9 Å². The van der Waals surface area contributed by atoms with Crippen LogP contribution in [-0.2, 0) is 6.54 Å². The molecule has 1 aliphatic carbocycles. The predicted molar refractivity (Wildman–Crippen MR) is 73.1 cm³/mol. The Kier molecular flexibility index (Phi) is 5.34. The molecule has 1 saturated carbocycles. The first kappa shape index (κ1) is 13.7. The van der Waals surface area contributed by atoms with Crippen molar-refractivity contribution >= 4 is 11.3 Å². The van der Waals surface area contributed by atoms with Gasteiger partial charge in [-0.15, -0.1) is 10.2 Å². The quantitative estimate of drug-likeness (QED) is 0.689. The zero-order valence-electron chi connectivity index (χ0n) is 11.2. The van der Waals surface area contributed by atoms with Crippen molar-refractivity contribution in [2.75, 3.05) is 26.7 Å². The monoisotopic (exact) mass is 270 g/mol. The zero-order chi connectivity index (χ0) is 12.8. The maximum absolute atomic E-state index is 5.62. The van der Waals surface area contributed by atoms with Crippen molar-refractivity contribution in [2.45, 2.75) is 38.8 Å². The Hall–Kier alpha value is -0.720. The highest BCUT2D eigenvalue weighted by Gasteiger charge is 2.25. The molecule has 2 rings (SSSR count). The van der Waals surface area contributed by atoms with E-state index in [0.29, 0.717) is 11.8 Å². The summed E-state index contributed by atoms with van der Waals surface area (Å²) in [5.41, 5.74) is 0. The van der Waals surface area contributed by atoms with E-state index in [-0.39, 0.29) is 0 Å². The lowest BCUT2D eigenvalue weighted by atomic mass is 10.5. The molecule has 1 N–H and O–H groups in total. The van der Waals surface area contributed by atoms with Gasteiger partial charge >= 0.3 is 0 Å². The predicted octanol–water partition coefficient (Wildman–Crippen LogP) is 1.51. The fraction of sp³-hybridized carbons (Fsp3) is 0.833. The SMILES string of the molecule is CCCNCc1nnc(OCCN(C)C2CC2)s1. The fourth-order valence-corrected chi connectivity index (χ4v) is 2.40. The fourth-order valence-electron chi connectivity index (χ4n) is 1.71. The van der Waals surface area contributed by atoms with Crippen molar-refractivity contribution in [1.82, 2.24) is 20.4 Å². The maximum atomic E-state index is 5.62. The zero-order valence-corrected chi connectivity index (χ0v) is 12.0. The van der Waals surface area contributed by atoms with Crippen LogP contribution in [0.3, 0.4) is 0 Å². The lowest BCUT2D eigenvalue weighted by Gasteiger charge is -2.14. The lowest BCUT2D eigenvalue weighted by molar-refractivity contribution is 0.230. The van der Waals surface area contributed by atoms with E-state index in [1.807, 2.05) is 0 Å². The van der Waals surface area contributed by atoms with E-state index < -0.39 is 0 Å². The third-order valence-electron chi connectivity index (χ3n) is 2.99. The first-order valence-electron chi connectivity index (χ1n) is 6.65. The van der Waals surface area contributed by atoms with Crippen LogP contribution in [0.2, 0.25) is 0 Å². The van der Waals surface area contributed by atoms with E-state index in [4.69, 9.17) is 4.74 Å². The molecule has 0 atom stereocenters. The Labute approximate surface area is 113 Å². The van der Waals surface area contributed by atoms with Gasteiger partial charge < -0.3 is 15.0 Å². The summed E-state index contributed by atoms with van der Waals surface area (Å²) in [5.74, 6) is 0. The van der Waals surface area contributed by atoms with Crippen LogP contribution < -0.4 is 10.1 Å². The molecule has 0 bridgehead atoms. The minimum Gasteiger partial charge on any atom is -0.468 e. The number of aromatic nitrogens is 2. The molecule has 1 aromatic heterocycles. The third kappa shape index (κ3) is 4.51. The van der Waals surface area contributed by atoms with Gasteiger partial charge in [0.1, 0.15) is 11.6 Å². The van der Waals surface area contributed by atoms with Gasteiger partial charge in [0.25, 0.3) is 5.19 Å². The second-order valence-corrected chi connectivity index (χ2v) is 5.72. The Morgan fingerprint density at radius 2 is 2.28 bits per heavy atom. The van der Waals surface area contributed by atoms with Gasteiger partial charge in [0.2, 0.25) is 0 Å². The average molecular weight is 270 g/mol. The van der Waals surface area contributed by atoms with E-state index in [1.54, 1.807) is 0 Å². The topological polar surface area (TPSA) is 50.3 Å². The van der Waals surface area contributed by atoms with E-state index in [9.17, 15) is 0 Å². The normalized spacial score (nSPS) is 15.3. The third-order valence-corrected chi connectivity index (χ3v) is 3.83. The van der Waals surface area contributed by atoms with Crippen molar-refractivity contribution in [3.05, 3.63) is 5.01 Å². The molecule has 1 fully saturated rings. The van der Waals surface area contributed by atoms with Gasteiger partial charge in [-0.1, -0.05) is 18.3 Å². The first-order chi connectivity index (χ1) is 8.79. The van der Waals surface area contributed by atoms with Crippen LogP contribution in [0.4, 0.5) is 0 Å². The van der Waals surface area contributed by atoms with Crippen molar-refractivity contribution in [1.29, 1.82) is 0 Å². The van der Waals surface area contributed by atoms with Gasteiger partial charge in [0, 0.05) is 19.1 Å². The molecule has 0 aliphatic heterocycles. The molecule has 0 saturated heterocycles. The van der Waals surface area contributed by atoms with E-state index in [2.05, 4.69) is 34.4 Å². The Morgan fingerprint density at radius 1 is 1.44 bits per heavy atom. The van der Waals surface area contributed by atoms with Crippen LogP contribution >= 0.6 is 11.3 Å². The van der Waals surface area contributed by atoms with Gasteiger partial charge in [-0.2, -0.15) is 0 Å². The first-order valence-corrected chi connectivity index (χ1v) is 7.47. The smallest absolute Gasteiger partial charge is 0.294 e. The molecule has 1 heterocycles. The summed E-state index contributed by atoms with van der Waals surface area (Å²) in [7, 11) is 2.15. The summed E-state index contributed by atoms with van der Waals surface area (Å²) >= 11 is 1.53.